The molecule has 0 aliphatic heterocycles. The van der Waals surface area contributed by atoms with E-state index in [2.05, 4.69) is 38.2 Å². The molecule has 9 heavy (non-hydrogen) atoms. The zero-order chi connectivity index (χ0) is 6.99. The lowest BCUT2D eigenvalue weighted by Crippen LogP contribution is -1.66. The zero-order valence-corrected chi connectivity index (χ0v) is 6.23. The van der Waals surface area contributed by atoms with E-state index in [-0.39, 0.29) is 7.43 Å². The maximum Gasteiger partial charge on any atom is 0.0371 e. The second kappa shape index (κ2) is 15.7. The molecule has 0 radical (unpaired) electrons. The van der Waals surface area contributed by atoms with E-state index in [9.17, 15) is 0 Å². The van der Waals surface area contributed by atoms with Gasteiger partial charge in [0.25, 0.3) is 0 Å². The summed E-state index contributed by atoms with van der Waals surface area (Å²) in [6, 6.07) is 0. The van der Waals surface area contributed by atoms with Crippen molar-refractivity contribution in [1.82, 2.24) is 0 Å². The highest BCUT2D eigenvalue weighted by Gasteiger charge is 1.68. The van der Waals surface area contributed by atoms with E-state index in [4.69, 9.17) is 0 Å². The third-order valence-corrected chi connectivity index (χ3v) is 0.158. The third-order valence-electron chi connectivity index (χ3n) is 0.158. The molecule has 1 nitrogen and oxygen atoms in total. The first-order valence-corrected chi connectivity index (χ1v) is 2.76. The Kier molecular flexibility index (Phi) is 27.5. The fourth-order valence-electron chi connectivity index (χ4n) is 0. The van der Waals surface area contributed by atoms with Crippen LogP contribution in [0.1, 0.15) is 28.2 Å². The van der Waals surface area contributed by atoms with Gasteiger partial charge in [-0.1, -0.05) is 28.2 Å². The van der Waals surface area contributed by atoms with Gasteiger partial charge < -0.3 is 0 Å². The molecule has 0 atom stereocenters. The molecule has 0 saturated heterocycles. The smallest absolute Gasteiger partial charge is 0.0371 e. The Labute approximate surface area is 59.5 Å². The molecule has 0 aromatic carbocycles. The Morgan fingerprint density at radius 1 is 1.33 bits per heavy atom. The summed E-state index contributed by atoms with van der Waals surface area (Å²) in [5, 5.41) is 0. The van der Waals surface area contributed by atoms with Gasteiger partial charge in [-0.15, -0.1) is 0 Å². The van der Waals surface area contributed by atoms with Crippen molar-refractivity contribution in [2.45, 2.75) is 28.2 Å². The van der Waals surface area contributed by atoms with Crippen molar-refractivity contribution in [3.05, 3.63) is 6.58 Å². The van der Waals surface area contributed by atoms with E-state index in [1.807, 2.05) is 0 Å². The molecule has 0 aliphatic carbocycles. The second-order valence-electron chi connectivity index (χ2n) is 2.11. The summed E-state index contributed by atoms with van der Waals surface area (Å²) in [5.41, 5.74) is 0. The van der Waals surface area contributed by atoms with Crippen LogP contribution in [0, 0.1) is 5.92 Å². The fraction of sp³-hybridized carbons (Fsp3) is 0.750. The molecule has 0 fully saturated rings. The van der Waals surface area contributed by atoms with Gasteiger partial charge in [0.15, 0.2) is 0 Å². The van der Waals surface area contributed by atoms with Crippen LogP contribution in [0.5, 0.6) is 0 Å². The topological polar surface area (TPSA) is 12.4 Å². The van der Waals surface area contributed by atoms with Crippen molar-refractivity contribution in [1.29, 1.82) is 0 Å². The monoisotopic (exact) mass is 129 g/mol. The predicted octanol–water partition coefficient (Wildman–Crippen LogP) is 2.77. The van der Waals surface area contributed by atoms with E-state index in [0.717, 1.165) is 5.92 Å². The molecule has 0 rings (SSSR count). The van der Waals surface area contributed by atoms with Crippen LogP contribution in [0.2, 0.25) is 0 Å². The molecule has 0 aromatic rings. The molecule has 0 N–H and O–H groups in total. The Morgan fingerprint density at radius 2 is 1.44 bits per heavy atom. The quantitative estimate of drug-likeness (QED) is 0.446. The lowest BCUT2D eigenvalue weighted by molar-refractivity contribution is 0.737. The summed E-state index contributed by atoms with van der Waals surface area (Å²) in [5.74, 6) is 3.14. The maximum absolute atomic E-state index is 3.38. The largest absolute Gasteiger partial charge is 0.247 e. The highest BCUT2D eigenvalue weighted by molar-refractivity contribution is 5.45. The van der Waals surface area contributed by atoms with Gasteiger partial charge in [0, 0.05) is 7.05 Å². The minimum Gasteiger partial charge on any atom is -0.247 e. The molecule has 0 spiro atoms. The van der Waals surface area contributed by atoms with E-state index in [0.29, 0.717) is 0 Å². The highest BCUT2D eigenvalue weighted by atomic mass is 14.6. The molecule has 1 heteroatoms. The number of hydrogen-bond donors (Lipinski definition) is 0. The number of hydrogen-bond acceptors (Lipinski definition) is 1. The van der Waals surface area contributed by atoms with E-state index < -0.39 is 0 Å². The van der Waals surface area contributed by atoms with Gasteiger partial charge in [0.2, 0.25) is 0 Å². The van der Waals surface area contributed by atoms with Crippen molar-refractivity contribution in [3.8, 4) is 0 Å². The Balaban J connectivity index is -0.0000000720. The van der Waals surface area contributed by atoms with Crippen LogP contribution in [0.25, 0.3) is 0 Å². The Hall–Kier alpha value is -0.550. The van der Waals surface area contributed by atoms with Gasteiger partial charge in [-0.05, 0) is 18.4 Å². The molecule has 56 valence electrons. The van der Waals surface area contributed by atoms with Crippen molar-refractivity contribution in [3.63, 3.8) is 0 Å². The van der Waals surface area contributed by atoms with Crippen LogP contribution < -0.4 is 0 Å². The summed E-state index contributed by atoms with van der Waals surface area (Å²) >= 11 is 0. The minimum atomic E-state index is 0. The van der Waals surface area contributed by atoms with Crippen molar-refractivity contribution >= 4 is 5.87 Å². The molecule has 0 amide bonds. The van der Waals surface area contributed by atoms with Gasteiger partial charge in [-0.25, -0.2) is 4.99 Å². The van der Waals surface area contributed by atoms with Crippen molar-refractivity contribution in [2.24, 2.45) is 10.9 Å². The van der Waals surface area contributed by atoms with E-state index in [1.54, 1.807) is 7.05 Å². The van der Waals surface area contributed by atoms with Gasteiger partial charge in [-0.3, -0.25) is 0 Å². The van der Waals surface area contributed by atoms with Crippen LogP contribution in [-0.4, -0.2) is 12.9 Å². The summed E-state index contributed by atoms with van der Waals surface area (Å²) in [4.78, 5) is 3.38. The Morgan fingerprint density at radius 3 is 1.44 bits per heavy atom. The maximum atomic E-state index is 3.38. The minimum absolute atomic E-state index is 0. The van der Waals surface area contributed by atoms with Crippen molar-refractivity contribution < 1.29 is 0 Å². The van der Waals surface area contributed by atoms with Crippen LogP contribution in [0.3, 0.4) is 0 Å². The average Bonchev–Trinajstić information content (AvgIpc) is 1.65. The molecular weight excluding hydrogens is 110 g/mol. The number of rotatable bonds is 0. The summed E-state index contributed by atoms with van der Waals surface area (Å²) in [7, 11) is 1.63. The van der Waals surface area contributed by atoms with Gasteiger partial charge in [0.1, 0.15) is 0 Å². The molecule has 0 unspecified atom stereocenters. The first kappa shape index (κ1) is 15.8. The SMILES string of the molecule is C.C=C=NC.CC(C)C. The first-order valence-electron chi connectivity index (χ1n) is 2.76. The van der Waals surface area contributed by atoms with Gasteiger partial charge in [0.05, 0.1) is 0 Å². The van der Waals surface area contributed by atoms with E-state index in [1.165, 1.54) is 0 Å². The van der Waals surface area contributed by atoms with Gasteiger partial charge >= 0.3 is 0 Å². The first-order chi connectivity index (χ1) is 3.65. The lowest BCUT2D eigenvalue weighted by Gasteiger charge is -1.79. The van der Waals surface area contributed by atoms with E-state index >= 15 is 0 Å². The molecule has 0 aromatic heterocycles. The molecule has 0 bridgehead atoms. The number of nitrogens with zero attached hydrogens (tertiary/aromatic N) is 1. The molecular formula is C8H19N. The van der Waals surface area contributed by atoms with Crippen LogP contribution in [0.4, 0.5) is 0 Å². The molecule has 0 saturated carbocycles. The Bertz CT molecular complexity index is 65.9. The molecule has 0 heterocycles. The van der Waals surface area contributed by atoms with Crippen LogP contribution in [0.15, 0.2) is 11.6 Å². The fourth-order valence-corrected chi connectivity index (χ4v) is 0. The molecule has 0 aliphatic rings. The standard InChI is InChI=1S/C4H10.C3H5N.CH4/c1-4(2)3;1-3-4-2;/h4H,1-3H3;1H2,2H3;1H4. The summed E-state index contributed by atoms with van der Waals surface area (Å²) in [6.07, 6.45) is 0. The van der Waals surface area contributed by atoms with Crippen LogP contribution in [-0.2, 0) is 0 Å². The average molecular weight is 129 g/mol. The normalized spacial score (nSPS) is 5.89. The zero-order valence-electron chi connectivity index (χ0n) is 6.23. The summed E-state index contributed by atoms with van der Waals surface area (Å²) in [6.45, 7) is 9.69. The predicted molar refractivity (Wildman–Crippen MR) is 46.2 cm³/mol. The van der Waals surface area contributed by atoms with Gasteiger partial charge in [-0.2, -0.15) is 0 Å². The number of aliphatic imine (C=N–C) groups is 1. The summed E-state index contributed by atoms with van der Waals surface area (Å²) < 4.78 is 0. The highest BCUT2D eigenvalue weighted by Crippen LogP contribution is 1.81. The van der Waals surface area contributed by atoms with Crippen LogP contribution >= 0.6 is 0 Å². The third kappa shape index (κ3) is 1090. The lowest BCUT2D eigenvalue weighted by atomic mass is 10.3. The van der Waals surface area contributed by atoms with Crippen molar-refractivity contribution in [2.75, 3.05) is 7.05 Å². The second-order valence-corrected chi connectivity index (χ2v) is 2.11.